The molecule has 2 aromatic carbocycles. The molecule has 0 saturated carbocycles. The standard InChI is InChI=1S/C28H23BrCl2N6O3/c1-16-26(29)37-11-5-8-23(27(37)34-16)40-15-19-20(30)9-10-22(25(19)31)36(2)24(38)14-33-28(39)35-18-12-17-6-3-4-7-21(17)32-13-18/h3-13H,14-15H2,1-2H3,(H2,33,35,39). The number of likely N-dealkylation sites (N-methyl/N-ethyl adjacent to an activating group) is 1. The third-order valence-electron chi connectivity index (χ3n) is 6.24. The smallest absolute Gasteiger partial charge is 0.319 e. The van der Waals surface area contributed by atoms with Gasteiger partial charge in [-0.1, -0.05) is 41.4 Å². The van der Waals surface area contributed by atoms with Gasteiger partial charge < -0.3 is 20.3 Å². The first-order valence-electron chi connectivity index (χ1n) is 12.1. The lowest BCUT2D eigenvalue weighted by molar-refractivity contribution is -0.117. The summed E-state index contributed by atoms with van der Waals surface area (Å²) in [6, 6.07) is 15.8. The molecule has 0 radical (unpaired) electrons. The Hall–Kier alpha value is -3.86. The van der Waals surface area contributed by atoms with Crippen LogP contribution in [0.1, 0.15) is 11.3 Å². The molecule has 5 aromatic rings. The number of imidazole rings is 1. The number of carbonyl (C=O) groups excluding carboxylic acids is 2. The molecule has 0 bridgehead atoms. The number of hydrogen-bond donors (Lipinski definition) is 2. The van der Waals surface area contributed by atoms with Crippen molar-refractivity contribution in [1.29, 1.82) is 0 Å². The quantitative estimate of drug-likeness (QED) is 0.208. The lowest BCUT2D eigenvalue weighted by atomic mass is 10.2. The molecule has 0 saturated heterocycles. The number of urea groups is 1. The Morgan fingerprint density at radius 3 is 2.75 bits per heavy atom. The van der Waals surface area contributed by atoms with Crippen molar-refractivity contribution in [3.05, 3.63) is 92.9 Å². The van der Waals surface area contributed by atoms with Gasteiger partial charge in [-0.15, -0.1) is 0 Å². The number of aromatic nitrogens is 3. The van der Waals surface area contributed by atoms with E-state index in [0.717, 1.165) is 21.2 Å². The molecule has 0 spiro atoms. The molecule has 0 unspecified atom stereocenters. The predicted molar refractivity (Wildman–Crippen MR) is 161 cm³/mol. The summed E-state index contributed by atoms with van der Waals surface area (Å²) in [5.41, 5.74) is 3.73. The first-order valence-corrected chi connectivity index (χ1v) is 13.7. The molecule has 3 aromatic heterocycles. The van der Waals surface area contributed by atoms with Crippen LogP contribution in [0.3, 0.4) is 0 Å². The van der Waals surface area contributed by atoms with E-state index < -0.39 is 6.03 Å². The van der Waals surface area contributed by atoms with Gasteiger partial charge in [-0.05, 0) is 59.3 Å². The van der Waals surface area contributed by atoms with E-state index in [4.69, 9.17) is 27.9 Å². The van der Waals surface area contributed by atoms with Crippen LogP contribution in [0.4, 0.5) is 16.2 Å². The van der Waals surface area contributed by atoms with Gasteiger partial charge in [0, 0.05) is 29.2 Å². The van der Waals surface area contributed by atoms with Crippen molar-refractivity contribution in [1.82, 2.24) is 19.7 Å². The summed E-state index contributed by atoms with van der Waals surface area (Å²) in [7, 11) is 1.57. The van der Waals surface area contributed by atoms with Crippen LogP contribution in [-0.4, -0.2) is 39.9 Å². The Morgan fingerprint density at radius 1 is 1.12 bits per heavy atom. The van der Waals surface area contributed by atoms with Crippen LogP contribution < -0.4 is 20.3 Å². The second kappa shape index (κ2) is 11.7. The number of carbonyl (C=O) groups is 2. The van der Waals surface area contributed by atoms with Crippen molar-refractivity contribution in [2.45, 2.75) is 13.5 Å². The van der Waals surface area contributed by atoms with Gasteiger partial charge in [-0.2, -0.15) is 0 Å². The lowest BCUT2D eigenvalue weighted by Gasteiger charge is -2.21. The first kappa shape index (κ1) is 27.7. The summed E-state index contributed by atoms with van der Waals surface area (Å²) in [5, 5.41) is 6.81. The highest BCUT2D eigenvalue weighted by molar-refractivity contribution is 9.10. The van der Waals surface area contributed by atoms with Gasteiger partial charge in [0.1, 0.15) is 11.2 Å². The molecule has 0 aliphatic heterocycles. The highest BCUT2D eigenvalue weighted by atomic mass is 79.9. The van der Waals surface area contributed by atoms with Crippen molar-refractivity contribution in [3.8, 4) is 5.75 Å². The summed E-state index contributed by atoms with van der Waals surface area (Å²) >= 11 is 16.7. The molecule has 5 rings (SSSR count). The van der Waals surface area contributed by atoms with Crippen LogP contribution in [0.25, 0.3) is 16.6 Å². The molecule has 0 atom stereocenters. The normalized spacial score (nSPS) is 11.0. The minimum atomic E-state index is -0.537. The molecule has 12 heteroatoms. The zero-order chi connectivity index (χ0) is 28.4. The van der Waals surface area contributed by atoms with Crippen molar-refractivity contribution < 1.29 is 14.3 Å². The van der Waals surface area contributed by atoms with E-state index in [1.54, 1.807) is 37.5 Å². The molecule has 3 amide bonds. The molecular formula is C28H23BrCl2N6O3. The number of benzene rings is 2. The number of rotatable bonds is 7. The topological polar surface area (TPSA) is 101 Å². The minimum Gasteiger partial charge on any atom is -0.485 e. The molecular weight excluding hydrogens is 619 g/mol. The fraction of sp³-hybridized carbons (Fsp3) is 0.143. The molecule has 0 fully saturated rings. The van der Waals surface area contributed by atoms with E-state index in [-0.39, 0.29) is 24.1 Å². The highest BCUT2D eigenvalue weighted by Gasteiger charge is 2.20. The number of aryl methyl sites for hydroxylation is 1. The van der Waals surface area contributed by atoms with Crippen LogP contribution in [0.2, 0.25) is 10.0 Å². The number of para-hydroxylation sites is 1. The molecule has 9 nitrogen and oxygen atoms in total. The largest absolute Gasteiger partial charge is 0.485 e. The van der Waals surface area contributed by atoms with E-state index in [2.05, 4.69) is 36.5 Å². The van der Waals surface area contributed by atoms with E-state index in [1.807, 2.05) is 47.9 Å². The number of amides is 3. The summed E-state index contributed by atoms with van der Waals surface area (Å²) in [4.78, 5) is 35.6. The Balaban J connectivity index is 1.24. The van der Waals surface area contributed by atoms with Gasteiger partial charge in [0.05, 0.1) is 40.3 Å². The van der Waals surface area contributed by atoms with Gasteiger partial charge in [0.25, 0.3) is 0 Å². The SMILES string of the molecule is Cc1nc2c(OCc3c(Cl)ccc(N(C)C(=O)CNC(=O)Nc4cnc5ccccc5c4)c3Cl)cccn2c1Br. The Kier molecular flexibility index (Phi) is 8.11. The average molecular weight is 642 g/mol. The Labute approximate surface area is 248 Å². The second-order valence-corrected chi connectivity index (χ2v) is 10.4. The maximum Gasteiger partial charge on any atom is 0.319 e. The number of hydrogen-bond acceptors (Lipinski definition) is 5. The summed E-state index contributed by atoms with van der Waals surface area (Å²) in [6.07, 6.45) is 3.43. The molecule has 2 N–H and O–H groups in total. The number of anilines is 2. The fourth-order valence-electron chi connectivity index (χ4n) is 4.09. The maximum absolute atomic E-state index is 12.9. The van der Waals surface area contributed by atoms with Gasteiger partial charge in [-0.25, -0.2) is 9.78 Å². The van der Waals surface area contributed by atoms with E-state index in [9.17, 15) is 9.59 Å². The number of pyridine rings is 2. The number of nitrogens with one attached hydrogen (secondary N) is 2. The first-order chi connectivity index (χ1) is 19.2. The number of halogens is 3. The average Bonchev–Trinajstić information content (AvgIpc) is 3.25. The lowest BCUT2D eigenvalue weighted by Crippen LogP contribution is -2.40. The van der Waals surface area contributed by atoms with Crippen LogP contribution in [0.15, 0.2) is 71.6 Å². The maximum atomic E-state index is 12.9. The monoisotopic (exact) mass is 640 g/mol. The molecule has 40 heavy (non-hydrogen) atoms. The Morgan fingerprint density at radius 2 is 1.93 bits per heavy atom. The number of ether oxygens (including phenoxy) is 1. The fourth-order valence-corrected chi connectivity index (χ4v) is 5.07. The van der Waals surface area contributed by atoms with Crippen LogP contribution in [0.5, 0.6) is 5.75 Å². The van der Waals surface area contributed by atoms with Gasteiger partial charge in [0.2, 0.25) is 5.91 Å². The Bertz CT molecular complexity index is 1760. The summed E-state index contributed by atoms with van der Waals surface area (Å²) in [6.45, 7) is 1.69. The third-order valence-corrected chi connectivity index (χ3v) is 7.97. The molecule has 0 aliphatic carbocycles. The molecule has 204 valence electrons. The zero-order valence-corrected chi connectivity index (χ0v) is 24.5. The third kappa shape index (κ3) is 5.70. The van der Waals surface area contributed by atoms with Crippen LogP contribution in [0, 0.1) is 6.92 Å². The van der Waals surface area contributed by atoms with Crippen molar-refractivity contribution in [2.24, 2.45) is 0 Å². The zero-order valence-electron chi connectivity index (χ0n) is 21.4. The number of nitrogens with zero attached hydrogens (tertiary/aromatic N) is 4. The van der Waals surface area contributed by atoms with Crippen LogP contribution in [-0.2, 0) is 11.4 Å². The van der Waals surface area contributed by atoms with Crippen molar-refractivity contribution >= 4 is 79.0 Å². The summed E-state index contributed by atoms with van der Waals surface area (Å²) < 4.78 is 8.75. The van der Waals surface area contributed by atoms with E-state index in [0.29, 0.717) is 33.4 Å². The van der Waals surface area contributed by atoms with E-state index in [1.165, 1.54) is 4.90 Å². The van der Waals surface area contributed by atoms with Gasteiger partial charge >= 0.3 is 6.03 Å². The van der Waals surface area contributed by atoms with Gasteiger partial charge in [0.15, 0.2) is 11.4 Å². The minimum absolute atomic E-state index is 0.0528. The van der Waals surface area contributed by atoms with Crippen LogP contribution >= 0.6 is 39.1 Å². The summed E-state index contributed by atoms with van der Waals surface area (Å²) in [5.74, 6) is 0.167. The predicted octanol–water partition coefficient (Wildman–Crippen LogP) is 6.62. The number of fused-ring (bicyclic) bond motifs is 2. The van der Waals surface area contributed by atoms with E-state index >= 15 is 0 Å². The molecule has 0 aliphatic rings. The van der Waals surface area contributed by atoms with Crippen molar-refractivity contribution in [2.75, 3.05) is 23.8 Å². The second-order valence-electron chi connectivity index (χ2n) is 8.88. The van der Waals surface area contributed by atoms with Gasteiger partial charge in [-0.3, -0.25) is 14.2 Å². The molecule has 3 heterocycles. The van der Waals surface area contributed by atoms with Crippen molar-refractivity contribution in [3.63, 3.8) is 0 Å². The highest BCUT2D eigenvalue weighted by Crippen LogP contribution is 2.35.